The van der Waals surface area contributed by atoms with Crippen LogP contribution in [0, 0.1) is 0 Å². The number of rotatable bonds is 5. The van der Waals surface area contributed by atoms with E-state index in [4.69, 9.17) is 5.73 Å². The van der Waals surface area contributed by atoms with Gasteiger partial charge in [0.25, 0.3) is 0 Å². The number of benzene rings is 2. The second-order valence-electron chi connectivity index (χ2n) is 6.56. The van der Waals surface area contributed by atoms with Gasteiger partial charge in [0.1, 0.15) is 5.75 Å². The van der Waals surface area contributed by atoms with Gasteiger partial charge >= 0.3 is 6.36 Å². The third kappa shape index (κ3) is 4.36. The molecule has 0 aliphatic heterocycles. The minimum absolute atomic E-state index is 0.00313. The van der Waals surface area contributed by atoms with E-state index < -0.39 is 23.4 Å². The van der Waals surface area contributed by atoms with Gasteiger partial charge in [-0.25, -0.2) is 9.36 Å². The first-order valence-corrected chi connectivity index (χ1v) is 9.12. The van der Waals surface area contributed by atoms with Crippen LogP contribution in [0.4, 0.5) is 13.2 Å². The molecule has 4 aromatic rings. The Morgan fingerprint density at radius 3 is 2.50 bits per heavy atom. The van der Waals surface area contributed by atoms with Crippen molar-refractivity contribution in [3.8, 4) is 28.5 Å². The van der Waals surface area contributed by atoms with E-state index in [-0.39, 0.29) is 16.9 Å². The molecule has 0 aliphatic rings. The van der Waals surface area contributed by atoms with Crippen molar-refractivity contribution in [1.82, 2.24) is 19.6 Å². The molecule has 4 rings (SSSR count). The van der Waals surface area contributed by atoms with Gasteiger partial charge in [0.05, 0.1) is 23.3 Å². The Hall–Kier alpha value is -4.41. The molecule has 0 radical (unpaired) electrons. The number of ether oxygens (including phenoxy) is 1. The predicted octanol–water partition coefficient (Wildman–Crippen LogP) is 3.08. The molecule has 162 valence electrons. The Morgan fingerprint density at radius 2 is 1.75 bits per heavy atom. The minimum atomic E-state index is -4.84. The normalized spacial score (nSPS) is 11.3. The summed E-state index contributed by atoms with van der Waals surface area (Å²) in [7, 11) is 0. The summed E-state index contributed by atoms with van der Waals surface area (Å²) < 4.78 is 44.2. The lowest BCUT2D eigenvalue weighted by Gasteiger charge is -2.12. The monoisotopic (exact) mass is 441 g/mol. The maximum atomic E-state index is 12.5. The fourth-order valence-corrected chi connectivity index (χ4v) is 3.03. The highest BCUT2D eigenvalue weighted by atomic mass is 19.4. The highest BCUT2D eigenvalue weighted by Crippen LogP contribution is 2.25. The van der Waals surface area contributed by atoms with Gasteiger partial charge in [-0.2, -0.15) is 10.2 Å². The van der Waals surface area contributed by atoms with Crippen LogP contribution < -0.4 is 15.9 Å². The molecule has 0 fully saturated rings. The summed E-state index contributed by atoms with van der Waals surface area (Å²) in [5, 5.41) is 8.47. The van der Waals surface area contributed by atoms with Crippen LogP contribution in [0.5, 0.6) is 5.75 Å². The van der Waals surface area contributed by atoms with Crippen molar-refractivity contribution in [2.24, 2.45) is 5.73 Å². The Morgan fingerprint density at radius 1 is 1.00 bits per heavy atom. The molecule has 11 heteroatoms. The molecule has 2 heterocycles. The number of nitrogens with two attached hydrogens (primary N) is 1. The lowest BCUT2D eigenvalue weighted by atomic mass is 10.2. The van der Waals surface area contributed by atoms with Crippen LogP contribution in [0.1, 0.15) is 10.4 Å². The van der Waals surface area contributed by atoms with E-state index in [1.54, 1.807) is 24.3 Å². The van der Waals surface area contributed by atoms with Gasteiger partial charge in [-0.05, 0) is 36.4 Å². The van der Waals surface area contributed by atoms with Crippen LogP contribution in [0.25, 0.3) is 22.8 Å². The number of aromatic nitrogens is 4. The number of hydrogen-bond donors (Lipinski definition) is 1. The molecule has 0 atom stereocenters. The molecular formula is C21H14F3N5O3. The Balaban J connectivity index is 1.77. The van der Waals surface area contributed by atoms with Gasteiger partial charge in [0.2, 0.25) is 11.3 Å². The van der Waals surface area contributed by atoms with Crippen LogP contribution in [0.3, 0.4) is 0 Å². The molecule has 0 bridgehead atoms. The highest BCUT2D eigenvalue weighted by molar-refractivity contribution is 5.93. The van der Waals surface area contributed by atoms with Gasteiger partial charge in [-0.3, -0.25) is 9.59 Å². The summed E-state index contributed by atoms with van der Waals surface area (Å²) >= 11 is 0. The first-order valence-electron chi connectivity index (χ1n) is 9.12. The van der Waals surface area contributed by atoms with Crippen LogP contribution in [0.15, 0.2) is 77.9 Å². The molecule has 0 saturated carbocycles. The number of carbonyl (C=O) groups is 1. The SMILES string of the molecule is NC(=O)c1cccc(-n2nccc2-c2nn(-c3cccc(OC(F)(F)F)c3)ccc2=O)c1. The lowest BCUT2D eigenvalue weighted by Crippen LogP contribution is -2.18. The number of hydrogen-bond acceptors (Lipinski definition) is 5. The van der Waals surface area contributed by atoms with Gasteiger partial charge in [0.15, 0.2) is 5.69 Å². The fraction of sp³-hybridized carbons (Fsp3) is 0.0476. The largest absolute Gasteiger partial charge is 0.573 e. The quantitative estimate of drug-likeness (QED) is 0.513. The maximum absolute atomic E-state index is 12.5. The Labute approximate surface area is 178 Å². The molecule has 32 heavy (non-hydrogen) atoms. The maximum Gasteiger partial charge on any atom is 0.573 e. The zero-order chi connectivity index (χ0) is 22.9. The van der Waals surface area contributed by atoms with Gasteiger partial charge in [-0.15, -0.1) is 13.2 Å². The number of carbonyl (C=O) groups excluding carboxylic acids is 1. The average Bonchev–Trinajstić information content (AvgIpc) is 3.23. The van der Waals surface area contributed by atoms with Crippen molar-refractivity contribution >= 4 is 5.91 Å². The molecule has 0 aliphatic carbocycles. The number of halogens is 3. The average molecular weight is 441 g/mol. The van der Waals surface area contributed by atoms with Crippen molar-refractivity contribution in [2.75, 3.05) is 0 Å². The van der Waals surface area contributed by atoms with Crippen molar-refractivity contribution in [3.63, 3.8) is 0 Å². The third-order valence-corrected chi connectivity index (χ3v) is 4.38. The van der Waals surface area contributed by atoms with Gasteiger partial charge in [0, 0.05) is 23.9 Å². The molecule has 8 nitrogen and oxygen atoms in total. The number of alkyl halides is 3. The van der Waals surface area contributed by atoms with Crippen LogP contribution in [-0.4, -0.2) is 31.8 Å². The number of primary amides is 1. The summed E-state index contributed by atoms with van der Waals surface area (Å²) in [6, 6.07) is 14.3. The standard InChI is InChI=1S/C21H14F3N5O3/c22-21(23,24)32-16-6-2-4-14(12-16)28-10-8-18(30)19(27-28)17-7-9-26-29(17)15-5-1-3-13(11-15)20(25)31/h1-12H,(H2,25,31). The Bertz CT molecular complexity index is 1360. The zero-order valence-electron chi connectivity index (χ0n) is 16.2. The molecule has 2 N–H and O–H groups in total. The van der Waals surface area contributed by atoms with Crippen molar-refractivity contribution < 1.29 is 22.7 Å². The van der Waals surface area contributed by atoms with E-state index in [2.05, 4.69) is 14.9 Å². The Kier molecular flexibility index (Phi) is 5.23. The number of amides is 1. The highest BCUT2D eigenvalue weighted by Gasteiger charge is 2.31. The minimum Gasteiger partial charge on any atom is -0.406 e. The van der Waals surface area contributed by atoms with E-state index in [1.165, 1.54) is 46.0 Å². The summed E-state index contributed by atoms with van der Waals surface area (Å²) in [6.45, 7) is 0. The summed E-state index contributed by atoms with van der Waals surface area (Å²) in [5.41, 5.74) is 6.18. The third-order valence-electron chi connectivity index (χ3n) is 4.38. The molecular weight excluding hydrogens is 427 g/mol. The molecule has 0 saturated heterocycles. The summed E-state index contributed by atoms with van der Waals surface area (Å²) in [5.74, 6) is -1.05. The van der Waals surface area contributed by atoms with E-state index in [0.29, 0.717) is 11.4 Å². The predicted molar refractivity (Wildman–Crippen MR) is 108 cm³/mol. The molecule has 0 spiro atoms. The zero-order valence-corrected chi connectivity index (χ0v) is 16.2. The number of nitrogens with zero attached hydrogens (tertiary/aromatic N) is 4. The molecule has 0 unspecified atom stereocenters. The summed E-state index contributed by atoms with van der Waals surface area (Å²) in [4.78, 5) is 24.0. The smallest absolute Gasteiger partial charge is 0.406 e. The van der Waals surface area contributed by atoms with Crippen molar-refractivity contribution in [2.45, 2.75) is 6.36 Å². The first-order chi connectivity index (χ1) is 15.2. The van der Waals surface area contributed by atoms with E-state index in [9.17, 15) is 22.8 Å². The molecule has 2 aromatic carbocycles. The second kappa shape index (κ2) is 8.02. The topological polar surface area (TPSA) is 105 Å². The molecule has 1 amide bonds. The van der Waals surface area contributed by atoms with Crippen molar-refractivity contribution in [1.29, 1.82) is 0 Å². The van der Waals surface area contributed by atoms with Gasteiger partial charge < -0.3 is 10.5 Å². The van der Waals surface area contributed by atoms with Crippen molar-refractivity contribution in [3.05, 3.63) is 88.8 Å². The fourth-order valence-electron chi connectivity index (χ4n) is 3.03. The van der Waals surface area contributed by atoms with Gasteiger partial charge in [-0.1, -0.05) is 12.1 Å². The van der Waals surface area contributed by atoms with E-state index in [1.807, 2.05) is 0 Å². The molecule has 2 aromatic heterocycles. The second-order valence-corrected chi connectivity index (χ2v) is 6.56. The van der Waals surface area contributed by atoms with E-state index >= 15 is 0 Å². The van der Waals surface area contributed by atoms with Crippen LogP contribution in [-0.2, 0) is 0 Å². The van der Waals surface area contributed by atoms with Crippen LogP contribution in [0.2, 0.25) is 0 Å². The first kappa shape index (κ1) is 20.8. The van der Waals surface area contributed by atoms with E-state index in [0.717, 1.165) is 12.1 Å². The van der Waals surface area contributed by atoms with Crippen LogP contribution >= 0.6 is 0 Å². The lowest BCUT2D eigenvalue weighted by molar-refractivity contribution is -0.274. The summed E-state index contributed by atoms with van der Waals surface area (Å²) in [6.07, 6.45) is -2.07.